The molecule has 1 heterocycles. The smallest absolute Gasteiger partial charge is 0.187 e. The van der Waals surface area contributed by atoms with Crippen molar-refractivity contribution in [3.05, 3.63) is 107 Å². The second-order valence-electron chi connectivity index (χ2n) is 6.91. The molecule has 0 bridgehead atoms. The number of aryl methyl sites for hydroxylation is 2. The van der Waals surface area contributed by atoms with E-state index in [1.165, 1.54) is 16.6 Å². The minimum absolute atomic E-state index is 0.0262. The lowest BCUT2D eigenvalue weighted by atomic mass is 10.1. The summed E-state index contributed by atoms with van der Waals surface area (Å²) in [5.74, 6) is -0.0262. The lowest BCUT2D eigenvalue weighted by Crippen LogP contribution is -2.03. The van der Waals surface area contributed by atoms with Crippen LogP contribution in [0.1, 0.15) is 27.2 Å². The zero-order valence-electron chi connectivity index (χ0n) is 16.0. The lowest BCUT2D eigenvalue weighted by molar-refractivity contribution is 0.104. The van der Waals surface area contributed by atoms with E-state index in [9.17, 15) is 4.79 Å². The number of carbonyl (C=O) groups excluding carboxylic acids is 1. The molecule has 0 aliphatic heterocycles. The number of carbonyl (C=O) groups is 1. The predicted molar refractivity (Wildman–Crippen MR) is 117 cm³/mol. The maximum atomic E-state index is 12.8. The molecular formula is C25H22N2O. The second kappa shape index (κ2) is 7.57. The molecule has 0 saturated heterocycles. The highest BCUT2D eigenvalue weighted by Gasteiger charge is 2.09. The summed E-state index contributed by atoms with van der Waals surface area (Å²) in [6, 6.07) is 25.5. The number of aromatic amines is 1. The van der Waals surface area contributed by atoms with Crippen molar-refractivity contribution in [3.63, 3.8) is 0 Å². The number of benzene rings is 3. The van der Waals surface area contributed by atoms with Gasteiger partial charge in [-0.05, 0) is 43.2 Å². The van der Waals surface area contributed by atoms with Crippen LogP contribution in [0.3, 0.4) is 0 Å². The number of rotatable bonds is 5. The van der Waals surface area contributed by atoms with Gasteiger partial charge in [0.15, 0.2) is 5.78 Å². The molecule has 3 heteroatoms. The van der Waals surface area contributed by atoms with Gasteiger partial charge in [-0.1, -0.05) is 60.7 Å². The van der Waals surface area contributed by atoms with Gasteiger partial charge >= 0.3 is 0 Å². The van der Waals surface area contributed by atoms with E-state index in [-0.39, 0.29) is 5.78 Å². The Morgan fingerprint density at radius 1 is 0.857 bits per heavy atom. The van der Waals surface area contributed by atoms with Crippen molar-refractivity contribution in [3.8, 4) is 0 Å². The minimum Gasteiger partial charge on any atom is -0.358 e. The Morgan fingerprint density at radius 3 is 2.18 bits per heavy atom. The van der Waals surface area contributed by atoms with Crippen LogP contribution in [0.2, 0.25) is 0 Å². The van der Waals surface area contributed by atoms with E-state index in [2.05, 4.69) is 36.3 Å². The lowest BCUT2D eigenvalue weighted by Gasteiger charge is -2.12. The zero-order valence-corrected chi connectivity index (χ0v) is 16.0. The Kier molecular flexibility index (Phi) is 4.81. The number of fused-ring (bicyclic) bond motifs is 1. The fourth-order valence-electron chi connectivity index (χ4n) is 3.32. The maximum Gasteiger partial charge on any atom is 0.187 e. The summed E-state index contributed by atoms with van der Waals surface area (Å²) in [6.07, 6.45) is 1.67. The monoisotopic (exact) mass is 366 g/mol. The van der Waals surface area contributed by atoms with Crippen molar-refractivity contribution in [2.45, 2.75) is 13.8 Å². The highest BCUT2D eigenvalue weighted by atomic mass is 16.1. The molecule has 0 unspecified atom stereocenters. The fraction of sp³-hybridized carbons (Fsp3) is 0.0800. The van der Waals surface area contributed by atoms with E-state index in [0.29, 0.717) is 5.56 Å². The first kappa shape index (κ1) is 17.8. The summed E-state index contributed by atoms with van der Waals surface area (Å²) in [4.78, 5) is 16.2. The van der Waals surface area contributed by atoms with Crippen LogP contribution in [-0.4, -0.2) is 10.8 Å². The predicted octanol–water partition coefficient (Wildman–Crippen LogP) is 6.12. The topological polar surface area (TPSA) is 44.9 Å². The summed E-state index contributed by atoms with van der Waals surface area (Å²) in [5, 5.41) is 4.64. The average Bonchev–Trinajstić information content (AvgIpc) is 3.02. The first-order valence-corrected chi connectivity index (χ1v) is 9.34. The highest BCUT2D eigenvalue weighted by molar-refractivity contribution is 6.09. The van der Waals surface area contributed by atoms with Crippen LogP contribution in [0.4, 0.5) is 5.69 Å². The van der Waals surface area contributed by atoms with Gasteiger partial charge in [0.1, 0.15) is 0 Å². The van der Waals surface area contributed by atoms with Gasteiger partial charge in [0.2, 0.25) is 0 Å². The van der Waals surface area contributed by atoms with Gasteiger partial charge in [0.25, 0.3) is 0 Å². The molecule has 0 amide bonds. The Hall–Kier alpha value is -3.59. The van der Waals surface area contributed by atoms with Gasteiger partial charge in [0, 0.05) is 39.6 Å². The van der Waals surface area contributed by atoms with Crippen molar-refractivity contribution in [1.29, 1.82) is 0 Å². The van der Waals surface area contributed by atoms with Gasteiger partial charge in [0.05, 0.1) is 0 Å². The van der Waals surface area contributed by atoms with Crippen LogP contribution in [-0.2, 0) is 0 Å². The molecule has 0 aliphatic carbocycles. The number of anilines is 1. The molecule has 28 heavy (non-hydrogen) atoms. The van der Waals surface area contributed by atoms with E-state index in [1.54, 1.807) is 6.08 Å². The Morgan fingerprint density at radius 2 is 1.50 bits per heavy atom. The molecule has 0 atom stereocenters. The van der Waals surface area contributed by atoms with Crippen molar-refractivity contribution in [2.75, 3.05) is 5.32 Å². The third-order valence-corrected chi connectivity index (χ3v) is 5.01. The molecule has 0 aliphatic rings. The first-order valence-electron chi connectivity index (χ1n) is 9.34. The van der Waals surface area contributed by atoms with Crippen molar-refractivity contribution < 1.29 is 4.79 Å². The molecule has 3 aromatic carbocycles. The Bertz CT molecular complexity index is 1160. The van der Waals surface area contributed by atoms with Gasteiger partial charge in [-0.3, -0.25) is 4.79 Å². The summed E-state index contributed by atoms with van der Waals surface area (Å²) in [7, 11) is 0. The fourth-order valence-corrected chi connectivity index (χ4v) is 3.32. The SMILES string of the molecule is Cc1[nH]c2ccc(NC(=CC(=O)c3ccccc3)c3ccccc3)cc2c1C. The van der Waals surface area contributed by atoms with E-state index in [1.807, 2.05) is 66.7 Å². The summed E-state index contributed by atoms with van der Waals surface area (Å²) in [5.41, 5.74) is 6.89. The van der Waals surface area contributed by atoms with Gasteiger partial charge in [-0.2, -0.15) is 0 Å². The van der Waals surface area contributed by atoms with Gasteiger partial charge < -0.3 is 10.3 Å². The van der Waals surface area contributed by atoms with Crippen LogP contribution in [0.15, 0.2) is 84.9 Å². The number of aromatic nitrogens is 1. The molecule has 4 aromatic rings. The number of nitrogens with one attached hydrogen (secondary N) is 2. The van der Waals surface area contributed by atoms with Crippen molar-refractivity contribution in [2.24, 2.45) is 0 Å². The van der Waals surface area contributed by atoms with Crippen LogP contribution >= 0.6 is 0 Å². The molecule has 3 nitrogen and oxygen atoms in total. The number of ketones is 1. The van der Waals surface area contributed by atoms with Crippen LogP contribution in [0, 0.1) is 13.8 Å². The third-order valence-electron chi connectivity index (χ3n) is 5.01. The van der Waals surface area contributed by atoms with E-state index < -0.39 is 0 Å². The number of hydrogen-bond donors (Lipinski definition) is 2. The molecule has 4 rings (SSSR count). The first-order chi connectivity index (χ1) is 13.6. The van der Waals surface area contributed by atoms with Gasteiger partial charge in [-0.15, -0.1) is 0 Å². The summed E-state index contributed by atoms with van der Waals surface area (Å²) < 4.78 is 0. The molecular weight excluding hydrogens is 344 g/mol. The molecule has 0 radical (unpaired) electrons. The summed E-state index contributed by atoms with van der Waals surface area (Å²) >= 11 is 0. The van der Waals surface area contributed by atoms with Crippen LogP contribution < -0.4 is 5.32 Å². The molecule has 0 spiro atoms. The van der Waals surface area contributed by atoms with Crippen LogP contribution in [0.25, 0.3) is 16.6 Å². The van der Waals surface area contributed by atoms with E-state index in [0.717, 1.165) is 22.5 Å². The quantitative estimate of drug-likeness (QED) is 0.330. The van der Waals surface area contributed by atoms with E-state index >= 15 is 0 Å². The number of H-pyrrole nitrogens is 1. The molecule has 138 valence electrons. The summed E-state index contributed by atoms with van der Waals surface area (Å²) in [6.45, 7) is 4.20. The van der Waals surface area contributed by atoms with Crippen molar-refractivity contribution in [1.82, 2.24) is 4.98 Å². The maximum absolute atomic E-state index is 12.8. The van der Waals surface area contributed by atoms with Gasteiger partial charge in [-0.25, -0.2) is 0 Å². The molecule has 1 aromatic heterocycles. The van der Waals surface area contributed by atoms with Crippen molar-refractivity contribution >= 4 is 28.1 Å². The second-order valence-corrected chi connectivity index (χ2v) is 6.91. The minimum atomic E-state index is -0.0262. The standard InChI is InChI=1S/C25H22N2O/c1-17-18(2)26-23-14-13-21(15-22(17)23)27-24(19-9-5-3-6-10-19)16-25(28)20-11-7-4-8-12-20/h3-16,26-27H,1-2H3. The van der Waals surface area contributed by atoms with E-state index in [4.69, 9.17) is 0 Å². The highest BCUT2D eigenvalue weighted by Crippen LogP contribution is 2.27. The number of hydrogen-bond acceptors (Lipinski definition) is 2. The molecule has 0 fully saturated rings. The normalized spacial score (nSPS) is 11.6. The van der Waals surface area contributed by atoms with Crippen LogP contribution in [0.5, 0.6) is 0 Å². The molecule has 0 saturated carbocycles. The Labute approximate surface area is 164 Å². The largest absolute Gasteiger partial charge is 0.358 e. The Balaban J connectivity index is 1.73. The number of allylic oxidation sites excluding steroid dienone is 1. The molecule has 2 N–H and O–H groups in total. The average molecular weight is 366 g/mol. The third kappa shape index (κ3) is 3.60. The zero-order chi connectivity index (χ0) is 19.5.